The van der Waals surface area contributed by atoms with Crippen LogP contribution in [0.3, 0.4) is 0 Å². The van der Waals surface area contributed by atoms with Crippen LogP contribution < -0.4 is 5.32 Å². The molecule has 1 aromatic rings. The highest BCUT2D eigenvalue weighted by Crippen LogP contribution is 2.28. The van der Waals surface area contributed by atoms with E-state index in [4.69, 9.17) is 4.74 Å². The van der Waals surface area contributed by atoms with Gasteiger partial charge in [0.2, 0.25) is 5.91 Å². The monoisotopic (exact) mass is 350 g/mol. The first-order chi connectivity index (χ1) is 10.4. The van der Waals surface area contributed by atoms with E-state index in [2.05, 4.69) is 5.32 Å². The lowest BCUT2D eigenvalue weighted by molar-refractivity contribution is -0.141. The zero-order valence-corrected chi connectivity index (χ0v) is 13.1. The molecule has 2 heterocycles. The van der Waals surface area contributed by atoms with E-state index < -0.39 is 24.9 Å². The summed E-state index contributed by atoms with van der Waals surface area (Å²) in [6.45, 7) is 0.528. The van der Waals surface area contributed by atoms with Crippen LogP contribution in [0.25, 0.3) is 0 Å². The average molecular weight is 351 g/mol. The van der Waals surface area contributed by atoms with E-state index in [1.165, 1.54) is 17.0 Å². The Bertz CT molecular complexity index is 556. The first-order valence-electron chi connectivity index (χ1n) is 7.22. The maximum atomic E-state index is 13.2. The number of morpholine rings is 1. The van der Waals surface area contributed by atoms with Gasteiger partial charge in [-0.05, 0) is 17.7 Å². The molecular formula is C15H18ClF3N2O2. The maximum absolute atomic E-state index is 13.2. The number of amides is 1. The first kappa shape index (κ1) is 18.0. The minimum atomic E-state index is -2.83. The van der Waals surface area contributed by atoms with Crippen LogP contribution in [-0.4, -0.2) is 49.0 Å². The second-order valence-electron chi connectivity index (χ2n) is 5.69. The van der Waals surface area contributed by atoms with E-state index in [9.17, 15) is 18.0 Å². The Morgan fingerprint density at radius 2 is 2.00 bits per heavy atom. The van der Waals surface area contributed by atoms with Crippen LogP contribution in [-0.2, 0) is 9.53 Å². The van der Waals surface area contributed by atoms with Gasteiger partial charge in [-0.2, -0.15) is 0 Å². The number of carbonyl (C=O) groups excluding carboxylic acids is 1. The fourth-order valence-corrected chi connectivity index (χ4v) is 2.84. The highest BCUT2D eigenvalue weighted by atomic mass is 35.5. The smallest absolute Gasteiger partial charge is 0.262 e. The van der Waals surface area contributed by atoms with Gasteiger partial charge in [0.15, 0.2) is 0 Å². The molecule has 128 valence electrons. The Hall–Kier alpha value is -1.31. The van der Waals surface area contributed by atoms with Gasteiger partial charge in [-0.15, -0.1) is 12.4 Å². The van der Waals surface area contributed by atoms with Crippen molar-refractivity contribution in [2.45, 2.75) is 24.5 Å². The van der Waals surface area contributed by atoms with Crippen LogP contribution in [0.15, 0.2) is 24.3 Å². The van der Waals surface area contributed by atoms with Crippen molar-refractivity contribution in [1.82, 2.24) is 10.2 Å². The molecular weight excluding hydrogens is 333 g/mol. The Labute approximate surface area is 138 Å². The molecule has 2 aliphatic heterocycles. The molecule has 0 radical (unpaired) electrons. The van der Waals surface area contributed by atoms with E-state index >= 15 is 0 Å². The second-order valence-corrected chi connectivity index (χ2v) is 5.69. The molecule has 1 N–H and O–H groups in total. The van der Waals surface area contributed by atoms with Crippen LogP contribution in [0.2, 0.25) is 0 Å². The largest absolute Gasteiger partial charge is 0.370 e. The molecule has 3 rings (SSSR count). The topological polar surface area (TPSA) is 41.6 Å². The number of nitrogens with zero attached hydrogens (tertiary/aromatic N) is 1. The molecule has 0 aromatic heterocycles. The lowest BCUT2D eigenvalue weighted by atomic mass is 10.1. The molecule has 1 aromatic carbocycles. The van der Waals surface area contributed by atoms with Crippen molar-refractivity contribution in [3.63, 3.8) is 0 Å². The van der Waals surface area contributed by atoms with Gasteiger partial charge in [0.1, 0.15) is 11.9 Å². The molecule has 2 fully saturated rings. The van der Waals surface area contributed by atoms with Gasteiger partial charge in [0.25, 0.3) is 5.92 Å². The van der Waals surface area contributed by atoms with Crippen LogP contribution >= 0.6 is 12.4 Å². The average Bonchev–Trinajstić information content (AvgIpc) is 2.87. The summed E-state index contributed by atoms with van der Waals surface area (Å²) in [6.07, 6.45) is -0.829. The van der Waals surface area contributed by atoms with Gasteiger partial charge in [-0.3, -0.25) is 10.1 Å². The third-order valence-corrected chi connectivity index (χ3v) is 4.03. The summed E-state index contributed by atoms with van der Waals surface area (Å²) >= 11 is 0. The van der Waals surface area contributed by atoms with Crippen LogP contribution in [0.5, 0.6) is 0 Å². The summed E-state index contributed by atoms with van der Waals surface area (Å²) in [6, 6.07) is 5.03. The van der Waals surface area contributed by atoms with E-state index in [0.717, 1.165) is 5.56 Å². The molecule has 23 heavy (non-hydrogen) atoms. The number of alkyl halides is 2. The van der Waals surface area contributed by atoms with Crippen molar-refractivity contribution in [1.29, 1.82) is 0 Å². The maximum Gasteiger partial charge on any atom is 0.262 e. The van der Waals surface area contributed by atoms with E-state index in [0.29, 0.717) is 13.2 Å². The van der Waals surface area contributed by atoms with Crippen molar-refractivity contribution < 1.29 is 22.7 Å². The normalized spacial score (nSPS) is 26.7. The van der Waals surface area contributed by atoms with E-state index in [-0.39, 0.29) is 36.8 Å². The minimum absolute atomic E-state index is 0. The number of ether oxygens (including phenoxy) is 1. The summed E-state index contributed by atoms with van der Waals surface area (Å²) in [4.78, 5) is 13.9. The quantitative estimate of drug-likeness (QED) is 0.888. The summed E-state index contributed by atoms with van der Waals surface area (Å²) in [5, 5.41) is 2.57. The van der Waals surface area contributed by atoms with Crippen molar-refractivity contribution >= 4 is 18.3 Å². The zero-order valence-electron chi connectivity index (χ0n) is 12.3. The minimum Gasteiger partial charge on any atom is -0.370 e. The Morgan fingerprint density at radius 1 is 1.30 bits per heavy atom. The second kappa shape index (κ2) is 7.07. The molecule has 0 saturated carbocycles. The van der Waals surface area contributed by atoms with Gasteiger partial charge in [0, 0.05) is 13.0 Å². The Morgan fingerprint density at radius 3 is 2.61 bits per heavy atom. The summed E-state index contributed by atoms with van der Waals surface area (Å²) in [5.41, 5.74) is 0.767. The van der Waals surface area contributed by atoms with E-state index in [1.54, 1.807) is 12.1 Å². The molecule has 2 unspecified atom stereocenters. The molecule has 1 amide bonds. The first-order valence-corrected chi connectivity index (χ1v) is 7.22. The summed E-state index contributed by atoms with van der Waals surface area (Å²) in [7, 11) is 0. The van der Waals surface area contributed by atoms with Crippen LogP contribution in [0, 0.1) is 5.82 Å². The van der Waals surface area contributed by atoms with Crippen molar-refractivity contribution in [2.24, 2.45) is 0 Å². The Balaban J connectivity index is 0.00000192. The highest BCUT2D eigenvalue weighted by molar-refractivity contribution is 5.85. The third kappa shape index (κ3) is 4.16. The van der Waals surface area contributed by atoms with Crippen molar-refractivity contribution in [3.8, 4) is 0 Å². The third-order valence-electron chi connectivity index (χ3n) is 4.03. The predicted molar refractivity (Wildman–Crippen MR) is 80.3 cm³/mol. The molecule has 2 saturated heterocycles. The fraction of sp³-hybridized carbons (Fsp3) is 0.533. The molecule has 2 atom stereocenters. The summed E-state index contributed by atoms with van der Waals surface area (Å²) < 4.78 is 45.0. The fourth-order valence-electron chi connectivity index (χ4n) is 2.84. The number of halogens is 4. The van der Waals surface area contributed by atoms with Crippen molar-refractivity contribution in [2.75, 3.05) is 26.2 Å². The van der Waals surface area contributed by atoms with Gasteiger partial charge < -0.3 is 9.64 Å². The molecule has 4 nitrogen and oxygen atoms in total. The summed E-state index contributed by atoms with van der Waals surface area (Å²) in [5.74, 6) is -3.50. The SMILES string of the molecule is Cl.O=C(C1CC(F)(F)CN1)N1CCOC(c2ccc(F)cc2)C1. The molecule has 2 aliphatic rings. The molecule has 8 heteroatoms. The molecule has 0 spiro atoms. The standard InChI is InChI=1S/C15H17F3N2O2.ClH/c16-11-3-1-10(2-4-11)13-8-20(5-6-22-13)14(21)12-7-15(17,18)9-19-12;/h1-4,12-13,19H,5-9H2;1H. The van der Waals surface area contributed by atoms with Crippen molar-refractivity contribution in [3.05, 3.63) is 35.6 Å². The van der Waals surface area contributed by atoms with E-state index in [1.807, 2.05) is 0 Å². The van der Waals surface area contributed by atoms with Crippen LogP contribution in [0.1, 0.15) is 18.1 Å². The van der Waals surface area contributed by atoms with Gasteiger partial charge >= 0.3 is 0 Å². The number of rotatable bonds is 2. The highest BCUT2D eigenvalue weighted by Gasteiger charge is 2.44. The number of hydrogen-bond acceptors (Lipinski definition) is 3. The Kier molecular flexibility index (Phi) is 5.54. The van der Waals surface area contributed by atoms with Gasteiger partial charge in [-0.1, -0.05) is 12.1 Å². The van der Waals surface area contributed by atoms with Crippen LogP contribution in [0.4, 0.5) is 13.2 Å². The number of carbonyl (C=O) groups is 1. The molecule has 0 aliphatic carbocycles. The predicted octanol–water partition coefficient (Wildman–Crippen LogP) is 2.14. The zero-order chi connectivity index (χ0) is 15.7. The number of nitrogens with one attached hydrogen (secondary N) is 1. The van der Waals surface area contributed by atoms with Gasteiger partial charge in [-0.25, -0.2) is 13.2 Å². The number of hydrogen-bond donors (Lipinski definition) is 1. The number of benzene rings is 1. The van der Waals surface area contributed by atoms with Gasteiger partial charge in [0.05, 0.1) is 25.7 Å². The lowest BCUT2D eigenvalue weighted by Crippen LogP contribution is -2.49. The lowest BCUT2D eigenvalue weighted by Gasteiger charge is -2.34. The molecule has 0 bridgehead atoms.